The lowest BCUT2D eigenvalue weighted by Gasteiger charge is -2.15. The van der Waals surface area contributed by atoms with Gasteiger partial charge in [0, 0.05) is 27.6 Å². The van der Waals surface area contributed by atoms with Crippen molar-refractivity contribution in [3.8, 4) is 0 Å². The minimum absolute atomic E-state index is 0.133. The minimum Gasteiger partial charge on any atom is -0.369 e. The van der Waals surface area contributed by atoms with E-state index >= 15 is 0 Å². The molecule has 0 fully saturated rings. The van der Waals surface area contributed by atoms with E-state index in [4.69, 9.17) is 32.9 Å². The van der Waals surface area contributed by atoms with E-state index in [1.54, 1.807) is 24.0 Å². The molecule has 1 aliphatic heterocycles. The van der Waals surface area contributed by atoms with Crippen molar-refractivity contribution in [2.24, 2.45) is 4.99 Å². The molecule has 0 atom stereocenters. The molecule has 0 N–H and O–H groups in total. The highest BCUT2D eigenvalue weighted by molar-refractivity contribution is 7.99. The Morgan fingerprint density at radius 3 is 2.47 bits per heavy atom. The van der Waals surface area contributed by atoms with Crippen molar-refractivity contribution in [3.05, 3.63) is 87.3 Å². The third kappa shape index (κ3) is 6.39. The molecule has 0 radical (unpaired) electrons. The fourth-order valence-corrected chi connectivity index (χ4v) is 5.48. The SMILES string of the molecule is CC(C)c1nc(COCc2ccccc2)n(CC2=CCC(=O)N=C2)c1Sc1cc(Cl)cc(Cl)c1. The third-order valence-corrected chi connectivity index (χ3v) is 6.75. The summed E-state index contributed by atoms with van der Waals surface area (Å²) in [6.07, 6.45) is 3.87. The number of carbonyl (C=O) groups excluding carboxylic acids is 1. The van der Waals surface area contributed by atoms with E-state index in [-0.39, 0.29) is 11.8 Å². The molecule has 176 valence electrons. The van der Waals surface area contributed by atoms with Crippen LogP contribution in [-0.4, -0.2) is 21.7 Å². The van der Waals surface area contributed by atoms with Gasteiger partial charge in [0.25, 0.3) is 0 Å². The Balaban J connectivity index is 1.67. The van der Waals surface area contributed by atoms with E-state index in [1.807, 2.05) is 48.5 Å². The number of aliphatic imine (C=N–C) groups is 1. The smallest absolute Gasteiger partial charge is 0.249 e. The van der Waals surface area contributed by atoms with Crippen LogP contribution in [-0.2, 0) is 29.3 Å². The van der Waals surface area contributed by atoms with Gasteiger partial charge in [0.2, 0.25) is 5.91 Å². The van der Waals surface area contributed by atoms with Gasteiger partial charge >= 0.3 is 0 Å². The molecular formula is C26H25Cl2N3O2S. The number of imidazole rings is 1. The standard InChI is InChI=1S/C26H25Cl2N3O2S/c1-17(2)25-26(34-22-11-20(27)10-21(28)12-22)31(14-19-8-9-24(32)29-13-19)23(30-25)16-33-15-18-6-4-3-5-7-18/h3-8,10-13,17H,9,14-16H2,1-2H3. The summed E-state index contributed by atoms with van der Waals surface area (Å²) in [7, 11) is 0. The number of carbonyl (C=O) groups is 1. The summed E-state index contributed by atoms with van der Waals surface area (Å²) in [5.41, 5.74) is 3.04. The maximum Gasteiger partial charge on any atom is 0.249 e. The number of dihydropyridines is 1. The number of allylic oxidation sites excluding steroid dienone is 1. The Hall–Kier alpha value is -2.38. The van der Waals surface area contributed by atoms with E-state index in [9.17, 15) is 4.79 Å². The summed E-state index contributed by atoms with van der Waals surface area (Å²) < 4.78 is 8.19. The zero-order valence-electron chi connectivity index (χ0n) is 19.0. The van der Waals surface area contributed by atoms with Crippen molar-refractivity contribution < 1.29 is 9.53 Å². The fraction of sp³-hybridized carbons (Fsp3) is 0.269. The van der Waals surface area contributed by atoms with Crippen LogP contribution in [0.25, 0.3) is 0 Å². The highest BCUT2D eigenvalue weighted by Gasteiger charge is 2.22. The Morgan fingerprint density at radius 2 is 1.82 bits per heavy atom. The molecular weight excluding hydrogens is 489 g/mol. The predicted octanol–water partition coefficient (Wildman–Crippen LogP) is 7.11. The number of amides is 1. The summed E-state index contributed by atoms with van der Waals surface area (Å²) in [4.78, 5) is 21.4. The van der Waals surface area contributed by atoms with Gasteiger partial charge in [0.05, 0.1) is 18.8 Å². The number of hydrogen-bond acceptors (Lipinski definition) is 4. The van der Waals surface area contributed by atoms with Gasteiger partial charge in [-0.15, -0.1) is 0 Å². The van der Waals surface area contributed by atoms with E-state index in [0.717, 1.165) is 32.6 Å². The number of hydrogen-bond donors (Lipinski definition) is 0. The van der Waals surface area contributed by atoms with Crippen LogP contribution in [0.4, 0.5) is 0 Å². The number of ether oxygens (including phenoxy) is 1. The van der Waals surface area contributed by atoms with E-state index in [0.29, 0.717) is 36.2 Å². The molecule has 1 aromatic heterocycles. The Bertz CT molecular complexity index is 1220. The van der Waals surface area contributed by atoms with Crippen molar-refractivity contribution in [3.63, 3.8) is 0 Å². The van der Waals surface area contributed by atoms with Crippen LogP contribution < -0.4 is 0 Å². The Morgan fingerprint density at radius 1 is 1.09 bits per heavy atom. The second-order valence-corrected chi connectivity index (χ2v) is 10.2. The number of aromatic nitrogens is 2. The van der Waals surface area contributed by atoms with Gasteiger partial charge in [0.1, 0.15) is 17.5 Å². The first-order chi connectivity index (χ1) is 16.4. The lowest BCUT2D eigenvalue weighted by molar-refractivity contribution is -0.117. The van der Waals surface area contributed by atoms with Crippen molar-refractivity contribution in [1.29, 1.82) is 0 Å². The van der Waals surface area contributed by atoms with Gasteiger partial charge in [-0.3, -0.25) is 4.79 Å². The van der Waals surface area contributed by atoms with Crippen molar-refractivity contribution in [1.82, 2.24) is 9.55 Å². The summed E-state index contributed by atoms with van der Waals surface area (Å²) in [5.74, 6) is 0.884. The Labute approximate surface area is 213 Å². The van der Waals surface area contributed by atoms with Gasteiger partial charge in [-0.1, -0.05) is 85.2 Å². The predicted molar refractivity (Wildman–Crippen MR) is 138 cm³/mol. The van der Waals surface area contributed by atoms with Gasteiger partial charge in [-0.2, -0.15) is 0 Å². The summed E-state index contributed by atoms with van der Waals surface area (Å²) in [5, 5.41) is 2.16. The topological polar surface area (TPSA) is 56.5 Å². The molecule has 3 aromatic rings. The van der Waals surface area contributed by atoms with Gasteiger partial charge in [0.15, 0.2) is 0 Å². The molecule has 0 saturated heterocycles. The monoisotopic (exact) mass is 513 g/mol. The lowest BCUT2D eigenvalue weighted by atomic mass is 10.1. The van der Waals surface area contributed by atoms with Crippen molar-refractivity contribution >= 4 is 47.1 Å². The van der Waals surface area contributed by atoms with E-state index in [1.165, 1.54) is 0 Å². The zero-order chi connectivity index (χ0) is 24.1. The van der Waals surface area contributed by atoms with Crippen LogP contribution in [0.15, 0.2) is 75.1 Å². The quantitative estimate of drug-likeness (QED) is 0.305. The second-order valence-electron chi connectivity index (χ2n) is 8.28. The summed E-state index contributed by atoms with van der Waals surface area (Å²) in [6.45, 7) is 5.63. The first kappa shape index (κ1) is 24.7. The number of halogens is 2. The minimum atomic E-state index is -0.133. The second kappa shape index (κ2) is 11.4. The van der Waals surface area contributed by atoms with Gasteiger partial charge in [-0.25, -0.2) is 9.98 Å². The number of benzene rings is 2. The van der Waals surface area contributed by atoms with Gasteiger partial charge in [-0.05, 0) is 35.3 Å². The number of rotatable bonds is 9. The van der Waals surface area contributed by atoms with Crippen LogP contribution >= 0.6 is 35.0 Å². The molecule has 34 heavy (non-hydrogen) atoms. The highest BCUT2D eigenvalue weighted by atomic mass is 35.5. The largest absolute Gasteiger partial charge is 0.369 e. The first-order valence-electron chi connectivity index (χ1n) is 11.0. The van der Waals surface area contributed by atoms with E-state index < -0.39 is 0 Å². The molecule has 0 unspecified atom stereocenters. The maximum atomic E-state index is 11.6. The van der Waals surface area contributed by atoms with Crippen molar-refractivity contribution in [2.75, 3.05) is 0 Å². The molecule has 2 aromatic carbocycles. The molecule has 0 bridgehead atoms. The van der Waals surface area contributed by atoms with Crippen molar-refractivity contribution in [2.45, 2.75) is 55.9 Å². The molecule has 1 amide bonds. The molecule has 0 aliphatic carbocycles. The summed E-state index contributed by atoms with van der Waals surface area (Å²) in [6, 6.07) is 15.6. The highest BCUT2D eigenvalue weighted by Crippen LogP contribution is 2.37. The third-order valence-electron chi connectivity index (χ3n) is 5.22. The molecule has 2 heterocycles. The number of nitrogens with zero attached hydrogens (tertiary/aromatic N) is 3. The van der Waals surface area contributed by atoms with Crippen LogP contribution in [0.2, 0.25) is 10.0 Å². The molecule has 8 heteroatoms. The summed E-state index contributed by atoms with van der Waals surface area (Å²) >= 11 is 14.1. The molecule has 4 rings (SSSR count). The average Bonchev–Trinajstić information content (AvgIpc) is 3.12. The molecule has 0 spiro atoms. The van der Waals surface area contributed by atoms with E-state index in [2.05, 4.69) is 23.4 Å². The maximum absolute atomic E-state index is 11.6. The molecule has 5 nitrogen and oxygen atoms in total. The van der Waals surface area contributed by atoms with Crippen LogP contribution in [0, 0.1) is 0 Å². The van der Waals surface area contributed by atoms with Crippen LogP contribution in [0.3, 0.4) is 0 Å². The zero-order valence-corrected chi connectivity index (χ0v) is 21.3. The van der Waals surface area contributed by atoms with Gasteiger partial charge < -0.3 is 9.30 Å². The van der Waals surface area contributed by atoms with Crippen LogP contribution in [0.5, 0.6) is 0 Å². The van der Waals surface area contributed by atoms with Crippen LogP contribution in [0.1, 0.15) is 43.3 Å². The lowest BCUT2D eigenvalue weighted by Crippen LogP contribution is -2.12. The fourth-order valence-electron chi connectivity index (χ4n) is 3.56. The normalized spacial score (nSPS) is 13.6. The Kier molecular flexibility index (Phi) is 8.27. The molecule has 0 saturated carbocycles. The first-order valence-corrected chi connectivity index (χ1v) is 12.6. The molecule has 1 aliphatic rings. The average molecular weight is 514 g/mol.